The lowest BCUT2D eigenvalue weighted by atomic mass is 10.1. The molecule has 0 amide bonds. The SMILES string of the molecule is O=C(COC(=O)CCCc1c[nH]c2ccccc12)COC(=O)CCCc1c[nH]c2ccccc12. The molecule has 2 aromatic heterocycles. The molecule has 0 radical (unpaired) electrons. The number of esters is 2. The molecule has 176 valence electrons. The number of hydrogen-bond acceptors (Lipinski definition) is 5. The van der Waals surface area contributed by atoms with Gasteiger partial charge in [0.15, 0.2) is 13.2 Å². The highest BCUT2D eigenvalue weighted by Gasteiger charge is 2.12. The van der Waals surface area contributed by atoms with Crippen LogP contribution in [0, 0.1) is 0 Å². The summed E-state index contributed by atoms with van der Waals surface area (Å²) in [7, 11) is 0. The topological polar surface area (TPSA) is 101 Å². The van der Waals surface area contributed by atoms with Crippen molar-refractivity contribution in [1.82, 2.24) is 9.97 Å². The van der Waals surface area contributed by atoms with E-state index in [1.807, 2.05) is 60.9 Å². The lowest BCUT2D eigenvalue weighted by Crippen LogP contribution is -2.20. The summed E-state index contributed by atoms with van der Waals surface area (Å²) in [5, 5.41) is 2.30. The molecule has 7 nitrogen and oxygen atoms in total. The zero-order valence-corrected chi connectivity index (χ0v) is 19.0. The number of carbonyl (C=O) groups excluding carboxylic acids is 3. The third-order valence-electron chi connectivity index (χ3n) is 5.79. The Bertz CT molecular complexity index is 1190. The molecule has 7 heteroatoms. The van der Waals surface area contributed by atoms with Gasteiger partial charge in [-0.05, 0) is 48.9 Å². The summed E-state index contributed by atoms with van der Waals surface area (Å²) in [6.45, 7) is -0.761. The number of aryl methyl sites for hydroxylation is 2. The van der Waals surface area contributed by atoms with Crippen LogP contribution < -0.4 is 0 Å². The number of aromatic amines is 2. The van der Waals surface area contributed by atoms with Gasteiger partial charge in [0.1, 0.15) is 0 Å². The molecule has 2 heterocycles. The molecule has 0 saturated heterocycles. The smallest absolute Gasteiger partial charge is 0.306 e. The van der Waals surface area contributed by atoms with Crippen LogP contribution in [0.5, 0.6) is 0 Å². The molecule has 0 unspecified atom stereocenters. The Kier molecular flexibility index (Phi) is 7.75. The van der Waals surface area contributed by atoms with Crippen molar-refractivity contribution in [3.63, 3.8) is 0 Å². The largest absolute Gasteiger partial charge is 0.458 e. The summed E-state index contributed by atoms with van der Waals surface area (Å²) >= 11 is 0. The van der Waals surface area contributed by atoms with Crippen molar-refractivity contribution in [2.75, 3.05) is 13.2 Å². The molecule has 0 aliphatic carbocycles. The van der Waals surface area contributed by atoms with Gasteiger partial charge in [-0.3, -0.25) is 14.4 Å². The number of nitrogens with one attached hydrogen (secondary N) is 2. The fourth-order valence-corrected chi connectivity index (χ4v) is 4.03. The molecule has 4 aromatic rings. The monoisotopic (exact) mass is 460 g/mol. The van der Waals surface area contributed by atoms with Crippen LogP contribution in [-0.2, 0) is 36.7 Å². The highest BCUT2D eigenvalue weighted by Crippen LogP contribution is 2.20. The predicted octanol–water partition coefficient (Wildman–Crippen LogP) is 4.65. The lowest BCUT2D eigenvalue weighted by Gasteiger charge is -2.06. The van der Waals surface area contributed by atoms with Crippen molar-refractivity contribution < 1.29 is 23.9 Å². The fourth-order valence-electron chi connectivity index (χ4n) is 4.03. The van der Waals surface area contributed by atoms with E-state index in [2.05, 4.69) is 9.97 Å². The van der Waals surface area contributed by atoms with Crippen LogP contribution in [0.4, 0.5) is 0 Å². The van der Waals surface area contributed by atoms with Crippen molar-refractivity contribution >= 4 is 39.5 Å². The molecule has 0 aliphatic rings. The molecule has 2 aromatic carbocycles. The van der Waals surface area contributed by atoms with Gasteiger partial charge in [0, 0.05) is 47.0 Å². The van der Waals surface area contributed by atoms with Gasteiger partial charge in [-0.2, -0.15) is 0 Å². The average molecular weight is 461 g/mol. The number of H-pyrrole nitrogens is 2. The van der Waals surface area contributed by atoms with Gasteiger partial charge in [0.25, 0.3) is 0 Å². The minimum absolute atomic E-state index is 0.223. The number of hydrogen-bond donors (Lipinski definition) is 2. The second-order valence-electron chi connectivity index (χ2n) is 8.29. The van der Waals surface area contributed by atoms with Crippen molar-refractivity contribution in [2.24, 2.45) is 0 Å². The van der Waals surface area contributed by atoms with Gasteiger partial charge < -0.3 is 19.4 Å². The second-order valence-corrected chi connectivity index (χ2v) is 8.29. The molecule has 0 saturated carbocycles. The summed E-state index contributed by atoms with van der Waals surface area (Å²) in [5.74, 6) is -1.30. The van der Waals surface area contributed by atoms with Crippen molar-refractivity contribution in [1.29, 1.82) is 0 Å². The third kappa shape index (κ3) is 6.13. The first-order valence-corrected chi connectivity index (χ1v) is 11.5. The fraction of sp³-hybridized carbons (Fsp3) is 0.296. The van der Waals surface area contributed by atoms with E-state index >= 15 is 0 Å². The van der Waals surface area contributed by atoms with Crippen molar-refractivity contribution in [3.05, 3.63) is 72.1 Å². The molecule has 0 atom stereocenters. The summed E-state index contributed by atoms with van der Waals surface area (Å²) in [5.41, 5.74) is 4.43. The molecule has 0 aliphatic heterocycles. The highest BCUT2D eigenvalue weighted by atomic mass is 16.6. The Balaban J connectivity index is 1.08. The number of ether oxygens (including phenoxy) is 2. The number of ketones is 1. The maximum Gasteiger partial charge on any atom is 0.306 e. The third-order valence-corrected chi connectivity index (χ3v) is 5.79. The van der Waals surface area contributed by atoms with E-state index in [0.717, 1.165) is 45.8 Å². The van der Waals surface area contributed by atoms with Gasteiger partial charge in [-0.25, -0.2) is 0 Å². The number of para-hydroxylation sites is 2. The van der Waals surface area contributed by atoms with Crippen LogP contribution >= 0.6 is 0 Å². The van der Waals surface area contributed by atoms with Crippen LogP contribution in [0.1, 0.15) is 36.8 Å². The quantitative estimate of drug-likeness (QED) is 0.300. The Morgan fingerprint density at radius 3 is 1.56 bits per heavy atom. The summed E-state index contributed by atoms with van der Waals surface area (Å²) in [6, 6.07) is 16.0. The first-order valence-electron chi connectivity index (χ1n) is 11.5. The number of rotatable bonds is 12. The van der Waals surface area contributed by atoms with E-state index in [4.69, 9.17) is 9.47 Å². The summed E-state index contributed by atoms with van der Waals surface area (Å²) in [4.78, 5) is 42.2. The molecule has 0 spiro atoms. The molecule has 4 rings (SSSR count). The van der Waals surface area contributed by atoms with Crippen molar-refractivity contribution in [2.45, 2.75) is 38.5 Å². The van der Waals surface area contributed by atoms with Gasteiger partial charge in [0.05, 0.1) is 0 Å². The van der Waals surface area contributed by atoms with Gasteiger partial charge in [-0.1, -0.05) is 36.4 Å². The van der Waals surface area contributed by atoms with Gasteiger partial charge in [0.2, 0.25) is 5.78 Å². The molecule has 34 heavy (non-hydrogen) atoms. The van der Waals surface area contributed by atoms with E-state index in [1.54, 1.807) is 0 Å². The Morgan fingerprint density at radius 1 is 0.647 bits per heavy atom. The van der Waals surface area contributed by atoms with Gasteiger partial charge in [-0.15, -0.1) is 0 Å². The van der Waals surface area contributed by atoms with E-state index in [1.165, 1.54) is 0 Å². The van der Waals surface area contributed by atoms with Gasteiger partial charge >= 0.3 is 11.9 Å². The lowest BCUT2D eigenvalue weighted by molar-refractivity contribution is -0.153. The standard InChI is InChI=1S/C27H28N2O5/c30-21(17-33-26(31)13-5-7-19-15-28-24-11-3-1-9-22(19)24)18-34-27(32)14-6-8-20-16-29-25-12-4-2-10-23(20)25/h1-4,9-12,15-16,28-29H,5-8,13-14,17-18H2. The summed E-state index contributed by atoms with van der Waals surface area (Å²) < 4.78 is 10.0. The average Bonchev–Trinajstić information content (AvgIpc) is 3.46. The zero-order valence-electron chi connectivity index (χ0n) is 19.0. The molecule has 0 bridgehead atoms. The van der Waals surface area contributed by atoms with E-state index < -0.39 is 17.7 Å². The minimum Gasteiger partial charge on any atom is -0.458 e. The molecular formula is C27H28N2O5. The molecular weight excluding hydrogens is 432 g/mol. The maximum atomic E-state index is 11.9. The normalized spacial score (nSPS) is 11.1. The number of Topliss-reactive ketones (excluding diaryl/α,β-unsaturated/α-hetero) is 1. The van der Waals surface area contributed by atoms with E-state index in [0.29, 0.717) is 12.8 Å². The second kappa shape index (κ2) is 11.3. The minimum atomic E-state index is -0.435. The van der Waals surface area contributed by atoms with Crippen LogP contribution in [-0.4, -0.2) is 40.9 Å². The molecule has 2 N–H and O–H groups in total. The number of carbonyl (C=O) groups is 3. The Morgan fingerprint density at radius 2 is 1.09 bits per heavy atom. The Labute approximate surface area is 197 Å². The van der Waals surface area contributed by atoms with Crippen LogP contribution in [0.2, 0.25) is 0 Å². The Hall–Kier alpha value is -3.87. The van der Waals surface area contributed by atoms with E-state index in [9.17, 15) is 14.4 Å². The maximum absolute atomic E-state index is 11.9. The first kappa shape index (κ1) is 23.3. The number of aromatic nitrogens is 2. The van der Waals surface area contributed by atoms with Crippen LogP contribution in [0.15, 0.2) is 60.9 Å². The van der Waals surface area contributed by atoms with E-state index in [-0.39, 0.29) is 26.1 Å². The zero-order chi connectivity index (χ0) is 23.8. The number of fused-ring (bicyclic) bond motifs is 2. The molecule has 0 fully saturated rings. The number of benzene rings is 2. The van der Waals surface area contributed by atoms with Crippen molar-refractivity contribution in [3.8, 4) is 0 Å². The van der Waals surface area contributed by atoms with Crippen LogP contribution in [0.3, 0.4) is 0 Å². The highest BCUT2D eigenvalue weighted by molar-refractivity contribution is 5.86. The predicted molar refractivity (Wildman–Crippen MR) is 129 cm³/mol. The summed E-state index contributed by atoms with van der Waals surface area (Å²) in [6.07, 6.45) is 7.08. The first-order chi connectivity index (χ1) is 16.6. The van der Waals surface area contributed by atoms with Crippen LogP contribution in [0.25, 0.3) is 21.8 Å².